The van der Waals surface area contributed by atoms with Gasteiger partial charge in [0.2, 0.25) is 0 Å². The molecule has 0 N–H and O–H groups in total. The minimum atomic E-state index is -1.29. The summed E-state index contributed by atoms with van der Waals surface area (Å²) in [7, 11) is 0. The molecular weight excluding hydrogens is 350 g/mol. The van der Waals surface area contributed by atoms with E-state index in [1.165, 1.54) is 24.3 Å². The number of carbonyl (C=O) groups excluding carboxylic acids is 2. The quantitative estimate of drug-likeness (QED) is 0.777. The molecule has 3 rings (SSSR count). The maximum atomic E-state index is 12.9. The maximum Gasteiger partial charge on any atom is 0.340 e. The van der Waals surface area contributed by atoms with Gasteiger partial charge in [0.1, 0.15) is 11.6 Å². The highest BCUT2D eigenvalue weighted by molar-refractivity contribution is 5.90. The molecule has 26 heavy (non-hydrogen) atoms. The first-order valence-electron chi connectivity index (χ1n) is 7.69. The van der Waals surface area contributed by atoms with Crippen LogP contribution in [-0.4, -0.2) is 37.7 Å². The second-order valence-corrected chi connectivity index (χ2v) is 5.30. The third-order valence-electron chi connectivity index (χ3n) is 3.48. The SMILES string of the molecule is O=C(OC1OCCOC1OC(=O)c1ccc(F)cc1)c1ccc(F)cc1. The van der Waals surface area contributed by atoms with Crippen molar-refractivity contribution < 1.29 is 37.3 Å². The van der Waals surface area contributed by atoms with Crippen molar-refractivity contribution >= 4 is 11.9 Å². The lowest BCUT2D eigenvalue weighted by Crippen LogP contribution is -2.44. The van der Waals surface area contributed by atoms with Gasteiger partial charge >= 0.3 is 11.9 Å². The number of hydrogen-bond donors (Lipinski definition) is 0. The second kappa shape index (κ2) is 8.03. The predicted molar refractivity (Wildman–Crippen MR) is 83.1 cm³/mol. The fourth-order valence-corrected chi connectivity index (χ4v) is 2.18. The Kier molecular flexibility index (Phi) is 5.55. The van der Waals surface area contributed by atoms with Crippen LogP contribution in [0.5, 0.6) is 0 Å². The lowest BCUT2D eigenvalue weighted by molar-refractivity contribution is -0.288. The summed E-state index contributed by atoms with van der Waals surface area (Å²) in [6, 6.07) is 9.45. The van der Waals surface area contributed by atoms with Gasteiger partial charge in [0.15, 0.2) is 0 Å². The minimum Gasteiger partial charge on any atom is -0.425 e. The Balaban J connectivity index is 1.65. The van der Waals surface area contributed by atoms with Crippen molar-refractivity contribution in [3.63, 3.8) is 0 Å². The van der Waals surface area contributed by atoms with E-state index in [4.69, 9.17) is 18.9 Å². The Bertz CT molecular complexity index is 708. The molecule has 136 valence electrons. The Morgan fingerprint density at radius 1 is 0.731 bits per heavy atom. The molecule has 1 aliphatic rings. The number of ether oxygens (including phenoxy) is 4. The topological polar surface area (TPSA) is 71.1 Å². The summed E-state index contributed by atoms with van der Waals surface area (Å²) in [5, 5.41) is 0. The number of rotatable bonds is 4. The van der Waals surface area contributed by atoms with Crippen LogP contribution in [0.15, 0.2) is 48.5 Å². The van der Waals surface area contributed by atoms with Crippen molar-refractivity contribution in [3.05, 3.63) is 71.3 Å². The van der Waals surface area contributed by atoms with E-state index in [9.17, 15) is 18.4 Å². The highest BCUT2D eigenvalue weighted by Gasteiger charge is 2.34. The molecule has 1 saturated heterocycles. The summed E-state index contributed by atoms with van der Waals surface area (Å²) < 4.78 is 46.7. The van der Waals surface area contributed by atoms with E-state index in [1.54, 1.807) is 0 Å². The Hall–Kier alpha value is -2.84. The highest BCUT2D eigenvalue weighted by Crippen LogP contribution is 2.17. The van der Waals surface area contributed by atoms with Gasteiger partial charge in [-0.2, -0.15) is 0 Å². The minimum absolute atomic E-state index is 0.101. The van der Waals surface area contributed by atoms with Crippen LogP contribution in [0, 0.1) is 11.6 Å². The van der Waals surface area contributed by atoms with Crippen LogP contribution >= 0.6 is 0 Å². The molecule has 0 spiro atoms. The zero-order valence-electron chi connectivity index (χ0n) is 13.4. The summed E-state index contributed by atoms with van der Waals surface area (Å²) >= 11 is 0. The molecule has 1 aliphatic heterocycles. The molecule has 0 aliphatic carbocycles. The van der Waals surface area contributed by atoms with Crippen molar-refractivity contribution in [1.29, 1.82) is 0 Å². The number of esters is 2. The number of halogens is 2. The molecule has 8 heteroatoms. The van der Waals surface area contributed by atoms with E-state index in [2.05, 4.69) is 0 Å². The van der Waals surface area contributed by atoms with Gasteiger partial charge in [0, 0.05) is 0 Å². The molecule has 1 heterocycles. The molecule has 1 fully saturated rings. The normalized spacial score (nSPS) is 19.6. The Labute approximate surface area is 147 Å². The van der Waals surface area contributed by atoms with Crippen molar-refractivity contribution in [2.45, 2.75) is 12.6 Å². The molecule has 2 aromatic carbocycles. The van der Waals surface area contributed by atoms with Crippen molar-refractivity contribution in [3.8, 4) is 0 Å². The number of carbonyl (C=O) groups is 2. The van der Waals surface area contributed by atoms with Gasteiger partial charge < -0.3 is 18.9 Å². The molecule has 2 unspecified atom stereocenters. The first-order chi connectivity index (χ1) is 12.5. The van der Waals surface area contributed by atoms with Crippen LogP contribution in [0.4, 0.5) is 8.78 Å². The first kappa shape index (κ1) is 18.0. The van der Waals surface area contributed by atoms with Crippen molar-refractivity contribution in [2.75, 3.05) is 13.2 Å². The second-order valence-electron chi connectivity index (χ2n) is 5.30. The van der Waals surface area contributed by atoms with Crippen molar-refractivity contribution in [2.24, 2.45) is 0 Å². The average Bonchev–Trinajstić information content (AvgIpc) is 2.64. The van der Waals surface area contributed by atoms with E-state index in [1.807, 2.05) is 0 Å². The molecule has 0 radical (unpaired) electrons. The van der Waals surface area contributed by atoms with E-state index in [0.717, 1.165) is 24.3 Å². The summed E-state index contributed by atoms with van der Waals surface area (Å²) in [5.41, 5.74) is 0.202. The van der Waals surface area contributed by atoms with E-state index in [-0.39, 0.29) is 24.3 Å². The standard InChI is InChI=1S/C18H14F2O6/c19-13-5-1-11(2-6-13)15(21)25-17-18(24-10-9-23-17)26-16(22)12-3-7-14(20)8-4-12/h1-8,17-18H,9-10H2. The smallest absolute Gasteiger partial charge is 0.340 e. The number of benzene rings is 2. The van der Waals surface area contributed by atoms with Crippen molar-refractivity contribution in [1.82, 2.24) is 0 Å². The van der Waals surface area contributed by atoms with Crippen LogP contribution in [0.25, 0.3) is 0 Å². The van der Waals surface area contributed by atoms with Gasteiger partial charge in [-0.15, -0.1) is 0 Å². The fourth-order valence-electron chi connectivity index (χ4n) is 2.18. The van der Waals surface area contributed by atoms with Gasteiger partial charge in [-0.05, 0) is 48.5 Å². The monoisotopic (exact) mass is 364 g/mol. The molecule has 0 aromatic heterocycles. The molecule has 0 bridgehead atoms. The van der Waals surface area contributed by atoms with Crippen LogP contribution in [0.2, 0.25) is 0 Å². The maximum absolute atomic E-state index is 12.9. The van der Waals surface area contributed by atoms with E-state index >= 15 is 0 Å². The molecule has 2 atom stereocenters. The fraction of sp³-hybridized carbons (Fsp3) is 0.222. The highest BCUT2D eigenvalue weighted by atomic mass is 19.1. The molecule has 0 amide bonds. The van der Waals surface area contributed by atoms with Crippen LogP contribution in [0.3, 0.4) is 0 Å². The Morgan fingerprint density at radius 2 is 1.08 bits per heavy atom. The van der Waals surface area contributed by atoms with E-state index in [0.29, 0.717) is 0 Å². The van der Waals surface area contributed by atoms with Gasteiger partial charge in [0.25, 0.3) is 12.6 Å². The lowest BCUT2D eigenvalue weighted by atomic mass is 10.2. The molecule has 2 aromatic rings. The molecule has 6 nitrogen and oxygen atoms in total. The van der Waals surface area contributed by atoms with Gasteiger partial charge in [0.05, 0.1) is 24.3 Å². The van der Waals surface area contributed by atoms with Gasteiger partial charge in [-0.1, -0.05) is 0 Å². The van der Waals surface area contributed by atoms with Crippen LogP contribution < -0.4 is 0 Å². The number of hydrogen-bond acceptors (Lipinski definition) is 6. The largest absolute Gasteiger partial charge is 0.425 e. The molecule has 0 saturated carbocycles. The average molecular weight is 364 g/mol. The van der Waals surface area contributed by atoms with Crippen LogP contribution in [-0.2, 0) is 18.9 Å². The van der Waals surface area contributed by atoms with E-state index < -0.39 is 36.2 Å². The molecular formula is C18H14F2O6. The summed E-state index contributed by atoms with van der Waals surface area (Å²) in [5.74, 6) is -2.57. The lowest BCUT2D eigenvalue weighted by Gasteiger charge is -2.30. The zero-order chi connectivity index (χ0) is 18.5. The van der Waals surface area contributed by atoms with Gasteiger partial charge in [-0.25, -0.2) is 18.4 Å². The summed E-state index contributed by atoms with van der Waals surface area (Å²) in [4.78, 5) is 24.2. The summed E-state index contributed by atoms with van der Waals surface area (Å²) in [6.45, 7) is 0.262. The first-order valence-corrected chi connectivity index (χ1v) is 7.69. The predicted octanol–water partition coefficient (Wildman–Crippen LogP) is 2.68. The third kappa shape index (κ3) is 4.41. The third-order valence-corrected chi connectivity index (χ3v) is 3.48. The Morgan fingerprint density at radius 3 is 1.42 bits per heavy atom. The summed E-state index contributed by atoms with van der Waals surface area (Å²) in [6.07, 6.45) is -2.57. The van der Waals surface area contributed by atoms with Gasteiger partial charge in [-0.3, -0.25) is 0 Å². The van der Waals surface area contributed by atoms with Crippen LogP contribution in [0.1, 0.15) is 20.7 Å². The zero-order valence-corrected chi connectivity index (χ0v) is 13.4.